The topological polar surface area (TPSA) is 54.2 Å². The van der Waals surface area contributed by atoms with Crippen LogP contribution < -0.4 is 10.6 Å². The van der Waals surface area contributed by atoms with Gasteiger partial charge in [-0.3, -0.25) is 4.68 Å². The molecule has 1 heterocycles. The number of hydrogen-bond acceptors (Lipinski definition) is 2. The number of hydrogen-bond donors (Lipinski definition) is 2. The maximum atomic E-state index is 6.02. The van der Waals surface area contributed by atoms with Crippen LogP contribution in [0.2, 0.25) is 5.02 Å². The molecule has 5 nitrogen and oxygen atoms in total. The van der Waals surface area contributed by atoms with Crippen LogP contribution in [0.15, 0.2) is 29.3 Å². The number of rotatable bonds is 6. The zero-order chi connectivity index (χ0) is 17.5. The molecule has 0 spiro atoms. The van der Waals surface area contributed by atoms with E-state index in [9.17, 15) is 0 Å². The lowest BCUT2D eigenvalue weighted by molar-refractivity contribution is 0.730. The summed E-state index contributed by atoms with van der Waals surface area (Å²) in [6, 6.07) is 7.95. The number of nitrogens with one attached hydrogen (secondary N) is 2. The van der Waals surface area contributed by atoms with Crippen molar-refractivity contribution in [2.75, 3.05) is 13.1 Å². The van der Waals surface area contributed by atoms with Crippen LogP contribution in [-0.2, 0) is 20.0 Å². The Bertz CT molecular complexity index is 705. The lowest BCUT2D eigenvalue weighted by atomic mass is 10.1. The molecule has 0 amide bonds. The summed E-state index contributed by atoms with van der Waals surface area (Å²) in [5.41, 5.74) is 4.59. The lowest BCUT2D eigenvalue weighted by Gasteiger charge is -2.11. The van der Waals surface area contributed by atoms with E-state index in [2.05, 4.69) is 40.6 Å². The Balaban J connectivity index is 1.95. The largest absolute Gasteiger partial charge is 0.357 e. The molecule has 24 heavy (non-hydrogen) atoms. The van der Waals surface area contributed by atoms with E-state index in [-0.39, 0.29) is 0 Å². The normalized spacial score (nSPS) is 11.6. The van der Waals surface area contributed by atoms with Gasteiger partial charge in [0.1, 0.15) is 0 Å². The third-order valence-corrected chi connectivity index (χ3v) is 4.23. The van der Waals surface area contributed by atoms with Crippen molar-refractivity contribution in [3.8, 4) is 0 Å². The van der Waals surface area contributed by atoms with Crippen LogP contribution in [0.1, 0.15) is 29.4 Å². The predicted octanol–water partition coefficient (Wildman–Crippen LogP) is 2.99. The van der Waals surface area contributed by atoms with Gasteiger partial charge in [-0.2, -0.15) is 5.10 Å². The maximum Gasteiger partial charge on any atom is 0.191 e. The summed E-state index contributed by atoms with van der Waals surface area (Å²) in [5.74, 6) is 0.821. The fourth-order valence-electron chi connectivity index (χ4n) is 2.56. The molecule has 130 valence electrons. The number of aryl methyl sites for hydroxylation is 2. The van der Waals surface area contributed by atoms with Crippen molar-refractivity contribution in [1.82, 2.24) is 20.4 Å². The molecule has 0 bridgehead atoms. The fraction of sp³-hybridized carbons (Fsp3) is 0.444. The van der Waals surface area contributed by atoms with Crippen LogP contribution in [0.4, 0.5) is 0 Å². The van der Waals surface area contributed by atoms with Crippen molar-refractivity contribution in [2.45, 2.75) is 33.7 Å². The Kier molecular flexibility index (Phi) is 6.67. The summed E-state index contributed by atoms with van der Waals surface area (Å²) in [6.45, 7) is 8.42. The second-order valence-electron chi connectivity index (χ2n) is 5.77. The smallest absolute Gasteiger partial charge is 0.191 e. The Morgan fingerprint density at radius 1 is 1.29 bits per heavy atom. The second-order valence-corrected chi connectivity index (χ2v) is 6.21. The molecule has 0 radical (unpaired) electrons. The van der Waals surface area contributed by atoms with Crippen molar-refractivity contribution in [2.24, 2.45) is 12.0 Å². The van der Waals surface area contributed by atoms with Crippen molar-refractivity contribution < 1.29 is 0 Å². The minimum atomic E-state index is 0.623. The standard InChI is InChI=1S/C18H26ClN5/c1-5-20-18(21-10-9-15-7-6-8-16(19)11-15)22-12-17-13(2)23-24(4)14(17)3/h6-8,11H,5,9-10,12H2,1-4H3,(H2,20,21,22). The first-order valence-corrected chi connectivity index (χ1v) is 8.64. The van der Waals surface area contributed by atoms with Gasteiger partial charge in [-0.05, 0) is 44.9 Å². The minimum Gasteiger partial charge on any atom is -0.357 e. The summed E-state index contributed by atoms with van der Waals surface area (Å²) >= 11 is 6.02. The van der Waals surface area contributed by atoms with Crippen molar-refractivity contribution >= 4 is 17.6 Å². The van der Waals surface area contributed by atoms with E-state index in [4.69, 9.17) is 11.6 Å². The molecular formula is C18H26ClN5. The molecule has 0 atom stereocenters. The van der Waals surface area contributed by atoms with Gasteiger partial charge in [0, 0.05) is 36.4 Å². The molecule has 0 fully saturated rings. The third-order valence-electron chi connectivity index (χ3n) is 3.99. The summed E-state index contributed by atoms with van der Waals surface area (Å²) < 4.78 is 1.90. The summed E-state index contributed by atoms with van der Waals surface area (Å²) in [4.78, 5) is 4.68. The van der Waals surface area contributed by atoms with Gasteiger partial charge in [-0.25, -0.2) is 4.99 Å². The Labute approximate surface area is 149 Å². The van der Waals surface area contributed by atoms with E-state index in [0.29, 0.717) is 6.54 Å². The van der Waals surface area contributed by atoms with Gasteiger partial charge in [0.15, 0.2) is 5.96 Å². The summed E-state index contributed by atoms with van der Waals surface area (Å²) in [7, 11) is 1.96. The highest BCUT2D eigenvalue weighted by molar-refractivity contribution is 6.30. The van der Waals surface area contributed by atoms with Crippen molar-refractivity contribution in [3.05, 3.63) is 51.8 Å². The molecule has 6 heteroatoms. The molecule has 0 unspecified atom stereocenters. The van der Waals surface area contributed by atoms with Gasteiger partial charge in [0.25, 0.3) is 0 Å². The Morgan fingerprint density at radius 3 is 2.71 bits per heavy atom. The van der Waals surface area contributed by atoms with E-state index in [1.807, 2.05) is 36.9 Å². The molecule has 0 aliphatic heterocycles. The first-order chi connectivity index (χ1) is 11.5. The van der Waals surface area contributed by atoms with Gasteiger partial charge in [0.05, 0.1) is 12.2 Å². The van der Waals surface area contributed by atoms with Crippen LogP contribution in [0.5, 0.6) is 0 Å². The molecule has 0 saturated carbocycles. The zero-order valence-electron chi connectivity index (χ0n) is 14.9. The average Bonchev–Trinajstić information content (AvgIpc) is 2.78. The van der Waals surface area contributed by atoms with Crippen LogP contribution in [0, 0.1) is 13.8 Å². The molecule has 1 aromatic heterocycles. The first kappa shape index (κ1) is 18.3. The van der Waals surface area contributed by atoms with Crippen molar-refractivity contribution in [1.29, 1.82) is 0 Å². The third kappa shape index (κ3) is 4.99. The van der Waals surface area contributed by atoms with E-state index < -0.39 is 0 Å². The highest BCUT2D eigenvalue weighted by Crippen LogP contribution is 2.13. The van der Waals surface area contributed by atoms with Gasteiger partial charge in [-0.1, -0.05) is 23.7 Å². The molecule has 0 saturated heterocycles. The van der Waals surface area contributed by atoms with E-state index in [1.54, 1.807) is 0 Å². The lowest BCUT2D eigenvalue weighted by Crippen LogP contribution is -2.38. The second kappa shape index (κ2) is 8.73. The van der Waals surface area contributed by atoms with Gasteiger partial charge < -0.3 is 10.6 Å². The number of aliphatic imine (C=N–C) groups is 1. The van der Waals surface area contributed by atoms with Crippen LogP contribution >= 0.6 is 11.6 Å². The average molecular weight is 348 g/mol. The molecule has 0 aliphatic carbocycles. The van der Waals surface area contributed by atoms with E-state index >= 15 is 0 Å². The number of nitrogens with zero attached hydrogens (tertiary/aromatic N) is 3. The highest BCUT2D eigenvalue weighted by atomic mass is 35.5. The Morgan fingerprint density at radius 2 is 2.08 bits per heavy atom. The van der Waals surface area contributed by atoms with Gasteiger partial charge in [0.2, 0.25) is 0 Å². The molecule has 1 aromatic carbocycles. The first-order valence-electron chi connectivity index (χ1n) is 8.27. The fourth-order valence-corrected chi connectivity index (χ4v) is 2.78. The Hall–Kier alpha value is -2.01. The quantitative estimate of drug-likeness (QED) is 0.624. The molecule has 2 aromatic rings. The monoisotopic (exact) mass is 347 g/mol. The molecule has 2 rings (SSSR count). The minimum absolute atomic E-state index is 0.623. The molecule has 2 N–H and O–H groups in total. The number of aromatic nitrogens is 2. The number of benzene rings is 1. The van der Waals surface area contributed by atoms with Crippen LogP contribution in [0.25, 0.3) is 0 Å². The predicted molar refractivity (Wildman–Crippen MR) is 101 cm³/mol. The summed E-state index contributed by atoms with van der Waals surface area (Å²) in [5, 5.41) is 11.9. The molecule has 0 aliphatic rings. The number of guanidine groups is 1. The van der Waals surface area contributed by atoms with Crippen LogP contribution in [0.3, 0.4) is 0 Å². The molecular weight excluding hydrogens is 322 g/mol. The van der Waals surface area contributed by atoms with Gasteiger partial charge >= 0.3 is 0 Å². The van der Waals surface area contributed by atoms with Gasteiger partial charge in [-0.15, -0.1) is 0 Å². The highest BCUT2D eigenvalue weighted by Gasteiger charge is 2.08. The van der Waals surface area contributed by atoms with Crippen molar-refractivity contribution in [3.63, 3.8) is 0 Å². The SMILES string of the molecule is CCNC(=NCc1c(C)nn(C)c1C)NCCc1cccc(Cl)c1. The van der Waals surface area contributed by atoms with E-state index in [1.165, 1.54) is 11.1 Å². The number of halogens is 1. The van der Waals surface area contributed by atoms with E-state index in [0.717, 1.165) is 41.9 Å². The summed E-state index contributed by atoms with van der Waals surface area (Å²) in [6.07, 6.45) is 0.899. The maximum absolute atomic E-state index is 6.02. The van der Waals surface area contributed by atoms with Crippen LogP contribution in [-0.4, -0.2) is 28.8 Å². The zero-order valence-corrected chi connectivity index (χ0v) is 15.6.